The molecule has 124 valence electrons. The standard InChI is InChI=1S/C16H11N5O3S/c22-21(23)13-7-5-12(6-8-13)20-9-11(18-19-20)10-25-16-17-14-3-1-2-4-15(14)24-16/h1-9H,10H2. The Hall–Kier alpha value is -3.20. The van der Waals surface area contributed by atoms with Gasteiger partial charge in [-0.3, -0.25) is 10.1 Å². The number of benzene rings is 2. The fourth-order valence-corrected chi connectivity index (χ4v) is 2.98. The average molecular weight is 353 g/mol. The number of thioether (sulfide) groups is 1. The van der Waals surface area contributed by atoms with Crippen molar-refractivity contribution in [3.8, 4) is 5.69 Å². The second-order valence-corrected chi connectivity index (χ2v) is 6.09. The molecule has 4 rings (SSSR count). The summed E-state index contributed by atoms with van der Waals surface area (Å²) >= 11 is 1.43. The predicted octanol–water partition coefficient (Wildman–Crippen LogP) is 3.61. The van der Waals surface area contributed by atoms with E-state index < -0.39 is 4.92 Å². The Morgan fingerprint density at radius 2 is 1.96 bits per heavy atom. The summed E-state index contributed by atoms with van der Waals surface area (Å²) in [7, 11) is 0. The molecule has 4 aromatic rings. The van der Waals surface area contributed by atoms with Crippen LogP contribution >= 0.6 is 11.8 Å². The van der Waals surface area contributed by atoms with E-state index in [2.05, 4.69) is 15.3 Å². The van der Waals surface area contributed by atoms with Gasteiger partial charge in [-0.05, 0) is 24.3 Å². The SMILES string of the molecule is O=[N+]([O-])c1ccc(-n2cc(CSc3nc4ccccc4o3)nn2)cc1. The van der Waals surface area contributed by atoms with Crippen molar-refractivity contribution in [2.75, 3.05) is 0 Å². The topological polar surface area (TPSA) is 99.9 Å². The van der Waals surface area contributed by atoms with Crippen molar-refractivity contribution in [1.29, 1.82) is 0 Å². The van der Waals surface area contributed by atoms with Crippen molar-refractivity contribution < 1.29 is 9.34 Å². The van der Waals surface area contributed by atoms with Crippen LogP contribution in [0, 0.1) is 10.1 Å². The molecule has 0 fully saturated rings. The van der Waals surface area contributed by atoms with Crippen molar-refractivity contribution in [3.63, 3.8) is 0 Å². The van der Waals surface area contributed by atoms with Crippen LogP contribution in [0.3, 0.4) is 0 Å². The maximum atomic E-state index is 10.7. The summed E-state index contributed by atoms with van der Waals surface area (Å²) < 4.78 is 7.22. The number of non-ortho nitro benzene ring substituents is 1. The molecule has 25 heavy (non-hydrogen) atoms. The number of rotatable bonds is 5. The first-order chi connectivity index (χ1) is 12.2. The van der Waals surface area contributed by atoms with Gasteiger partial charge in [-0.15, -0.1) is 5.10 Å². The van der Waals surface area contributed by atoms with Crippen LogP contribution in [-0.2, 0) is 5.75 Å². The number of aromatic nitrogens is 4. The molecule has 0 aliphatic carbocycles. The molecule has 0 atom stereocenters. The number of oxazole rings is 1. The molecule has 2 aromatic heterocycles. The molecule has 0 amide bonds. The zero-order chi connectivity index (χ0) is 17.2. The van der Waals surface area contributed by atoms with Crippen molar-refractivity contribution in [3.05, 3.63) is 70.5 Å². The zero-order valence-electron chi connectivity index (χ0n) is 12.8. The molecule has 0 N–H and O–H groups in total. The molecule has 0 saturated heterocycles. The van der Waals surface area contributed by atoms with E-state index >= 15 is 0 Å². The molecule has 0 unspecified atom stereocenters. The normalized spacial score (nSPS) is 11.0. The summed E-state index contributed by atoms with van der Waals surface area (Å²) in [4.78, 5) is 14.7. The lowest BCUT2D eigenvalue weighted by atomic mass is 10.3. The molecule has 0 saturated carbocycles. The van der Waals surface area contributed by atoms with E-state index in [9.17, 15) is 10.1 Å². The Bertz CT molecular complexity index is 1010. The van der Waals surface area contributed by atoms with E-state index in [1.54, 1.807) is 23.0 Å². The number of hydrogen-bond donors (Lipinski definition) is 0. The van der Waals surface area contributed by atoms with Gasteiger partial charge in [-0.2, -0.15) is 0 Å². The summed E-state index contributed by atoms with van der Waals surface area (Å²) in [6.07, 6.45) is 1.77. The zero-order valence-corrected chi connectivity index (χ0v) is 13.6. The van der Waals surface area contributed by atoms with Crippen LogP contribution in [0.4, 0.5) is 5.69 Å². The summed E-state index contributed by atoms with van der Waals surface area (Å²) in [5.74, 6) is 0.555. The molecule has 8 nitrogen and oxygen atoms in total. The molecule has 9 heteroatoms. The Balaban J connectivity index is 1.46. The minimum Gasteiger partial charge on any atom is -0.431 e. The van der Waals surface area contributed by atoms with Crippen LogP contribution in [0.2, 0.25) is 0 Å². The first-order valence-corrected chi connectivity index (χ1v) is 8.32. The second-order valence-electron chi connectivity index (χ2n) is 5.16. The van der Waals surface area contributed by atoms with Gasteiger partial charge in [0.15, 0.2) is 5.58 Å². The molecule has 2 aromatic carbocycles. The molecule has 0 aliphatic rings. The summed E-state index contributed by atoms with van der Waals surface area (Å²) in [6, 6.07) is 13.7. The number of fused-ring (bicyclic) bond motifs is 1. The fourth-order valence-electron chi connectivity index (χ4n) is 2.27. The van der Waals surface area contributed by atoms with Gasteiger partial charge in [-0.25, -0.2) is 9.67 Å². The van der Waals surface area contributed by atoms with Gasteiger partial charge in [0.05, 0.1) is 22.5 Å². The van der Waals surface area contributed by atoms with Crippen LogP contribution < -0.4 is 0 Å². The minimum atomic E-state index is -0.437. The van der Waals surface area contributed by atoms with Gasteiger partial charge >= 0.3 is 0 Å². The second kappa shape index (κ2) is 6.36. The Labute approximate surface area is 145 Å². The first-order valence-electron chi connectivity index (χ1n) is 7.33. The minimum absolute atomic E-state index is 0.0376. The third-order valence-corrected chi connectivity index (χ3v) is 4.35. The van der Waals surface area contributed by atoms with Gasteiger partial charge in [0.25, 0.3) is 10.9 Å². The first kappa shape index (κ1) is 15.3. The third-order valence-electron chi connectivity index (χ3n) is 3.48. The maximum absolute atomic E-state index is 10.7. The number of nitrogens with zero attached hydrogens (tertiary/aromatic N) is 5. The van der Waals surface area contributed by atoms with Gasteiger partial charge < -0.3 is 4.42 Å². The highest BCUT2D eigenvalue weighted by Crippen LogP contribution is 2.25. The van der Waals surface area contributed by atoms with Crippen LogP contribution in [0.5, 0.6) is 0 Å². The highest BCUT2D eigenvalue weighted by Gasteiger charge is 2.10. The number of nitro benzene ring substituents is 1. The average Bonchev–Trinajstić information content (AvgIpc) is 3.26. The van der Waals surface area contributed by atoms with Crippen LogP contribution in [-0.4, -0.2) is 24.9 Å². The van der Waals surface area contributed by atoms with Gasteiger partial charge in [-0.1, -0.05) is 29.1 Å². The van der Waals surface area contributed by atoms with E-state index in [-0.39, 0.29) is 5.69 Å². The van der Waals surface area contributed by atoms with Gasteiger partial charge in [0, 0.05) is 17.9 Å². The van der Waals surface area contributed by atoms with E-state index in [1.165, 1.54) is 23.9 Å². The van der Waals surface area contributed by atoms with E-state index in [1.807, 2.05) is 24.3 Å². The Morgan fingerprint density at radius 3 is 2.72 bits per heavy atom. The highest BCUT2D eigenvalue weighted by atomic mass is 32.2. The molecular weight excluding hydrogens is 342 g/mol. The summed E-state index contributed by atoms with van der Waals surface area (Å²) in [5, 5.41) is 19.4. The predicted molar refractivity (Wildman–Crippen MR) is 91.6 cm³/mol. The smallest absolute Gasteiger partial charge is 0.269 e. The van der Waals surface area contributed by atoms with Gasteiger partial charge in [0.2, 0.25) is 0 Å². The lowest BCUT2D eigenvalue weighted by Crippen LogP contribution is -1.95. The highest BCUT2D eigenvalue weighted by molar-refractivity contribution is 7.98. The third kappa shape index (κ3) is 3.22. The van der Waals surface area contributed by atoms with Crippen LogP contribution in [0.1, 0.15) is 5.69 Å². The Morgan fingerprint density at radius 1 is 1.16 bits per heavy atom. The lowest BCUT2D eigenvalue weighted by molar-refractivity contribution is -0.384. The molecule has 0 spiro atoms. The number of hydrogen-bond acceptors (Lipinski definition) is 7. The molecule has 0 radical (unpaired) electrons. The van der Waals surface area contributed by atoms with Crippen LogP contribution in [0.25, 0.3) is 16.8 Å². The fraction of sp³-hybridized carbons (Fsp3) is 0.0625. The van der Waals surface area contributed by atoms with Gasteiger partial charge in [0.1, 0.15) is 5.52 Å². The number of nitro groups is 1. The lowest BCUT2D eigenvalue weighted by Gasteiger charge is -1.98. The van der Waals surface area contributed by atoms with Crippen LogP contribution in [0.15, 0.2) is 64.4 Å². The molecule has 2 heterocycles. The summed E-state index contributed by atoms with van der Waals surface area (Å²) in [5.41, 5.74) is 3.07. The quantitative estimate of drug-likeness (QED) is 0.307. The van der Waals surface area contributed by atoms with Crippen molar-refractivity contribution in [1.82, 2.24) is 20.0 Å². The largest absolute Gasteiger partial charge is 0.431 e. The Kier molecular flexibility index (Phi) is 3.90. The van der Waals surface area contributed by atoms with E-state index in [4.69, 9.17) is 4.42 Å². The maximum Gasteiger partial charge on any atom is 0.269 e. The number of para-hydroxylation sites is 2. The summed E-state index contributed by atoms with van der Waals surface area (Å²) in [6.45, 7) is 0. The van der Waals surface area contributed by atoms with Crippen molar-refractivity contribution >= 4 is 28.5 Å². The molecular formula is C16H11N5O3S. The van der Waals surface area contributed by atoms with E-state index in [0.29, 0.717) is 16.7 Å². The molecule has 0 aliphatic heterocycles. The monoisotopic (exact) mass is 353 g/mol. The van der Waals surface area contributed by atoms with E-state index in [0.717, 1.165) is 16.8 Å². The van der Waals surface area contributed by atoms with Crippen molar-refractivity contribution in [2.24, 2.45) is 0 Å². The molecule has 0 bridgehead atoms. The van der Waals surface area contributed by atoms with Crippen molar-refractivity contribution in [2.45, 2.75) is 11.0 Å².